The third-order valence-electron chi connectivity index (χ3n) is 4.69. The summed E-state index contributed by atoms with van der Waals surface area (Å²) in [4.78, 5) is 28.5. The number of nitrogens with zero attached hydrogens (tertiary/aromatic N) is 2. The Morgan fingerprint density at radius 3 is 2.52 bits per heavy atom. The second-order valence-electron chi connectivity index (χ2n) is 7.21. The van der Waals surface area contributed by atoms with Crippen LogP contribution in [-0.4, -0.2) is 27.4 Å². The van der Waals surface area contributed by atoms with Gasteiger partial charge in [0.25, 0.3) is 5.91 Å². The highest BCUT2D eigenvalue weighted by Crippen LogP contribution is 2.23. The minimum Gasteiger partial charge on any atom is -0.368 e. The van der Waals surface area contributed by atoms with Crippen LogP contribution in [0.3, 0.4) is 0 Å². The van der Waals surface area contributed by atoms with E-state index in [-0.39, 0.29) is 11.8 Å². The van der Waals surface area contributed by atoms with E-state index in [1.165, 1.54) is 5.56 Å². The van der Waals surface area contributed by atoms with Crippen molar-refractivity contribution in [2.75, 3.05) is 0 Å². The fraction of sp³-hybridized carbons (Fsp3) is 0.286. The molecule has 0 radical (unpaired) electrons. The largest absolute Gasteiger partial charge is 0.368 e. The Morgan fingerprint density at radius 2 is 1.85 bits per heavy atom. The Kier molecular flexibility index (Phi) is 4.99. The molecule has 27 heavy (non-hydrogen) atoms. The zero-order valence-electron chi connectivity index (χ0n) is 16.0. The molecule has 3 N–H and O–H groups in total. The van der Waals surface area contributed by atoms with Gasteiger partial charge in [-0.15, -0.1) is 0 Å². The second kappa shape index (κ2) is 7.23. The smallest absolute Gasteiger partial charge is 0.252 e. The van der Waals surface area contributed by atoms with Crippen LogP contribution in [0.2, 0.25) is 0 Å². The van der Waals surface area contributed by atoms with Crippen LogP contribution >= 0.6 is 0 Å². The van der Waals surface area contributed by atoms with Crippen molar-refractivity contribution in [3.8, 4) is 5.69 Å². The van der Waals surface area contributed by atoms with E-state index in [0.29, 0.717) is 11.1 Å². The van der Waals surface area contributed by atoms with Crippen molar-refractivity contribution < 1.29 is 9.59 Å². The lowest BCUT2D eigenvalue weighted by atomic mass is 10.0. The van der Waals surface area contributed by atoms with Crippen LogP contribution < -0.4 is 11.1 Å². The molecule has 6 heteroatoms. The maximum Gasteiger partial charge on any atom is 0.252 e. The number of nitrogens with one attached hydrogen (secondary N) is 1. The standard InChI is InChI=1S/C21H24N4O2/c1-12(2)19(20(22)26)24-21(27)15-7-8-17-16(10-15)23-11-25(17)18-9-13(3)5-6-14(18)4/h5-12,19H,1-4H3,(H2,22,26)(H,24,27)/t19-/m1/s1. The fourth-order valence-corrected chi connectivity index (χ4v) is 3.12. The number of carbonyl (C=O) groups excluding carboxylic acids is 2. The molecule has 2 amide bonds. The SMILES string of the molecule is Cc1ccc(C)c(-n2cnc3cc(C(=O)N[C@@H](C(N)=O)C(C)C)ccc32)c1. The maximum atomic E-state index is 12.5. The average molecular weight is 364 g/mol. The van der Waals surface area contributed by atoms with Crippen molar-refractivity contribution in [2.45, 2.75) is 33.7 Å². The van der Waals surface area contributed by atoms with E-state index < -0.39 is 11.9 Å². The Balaban J connectivity index is 1.95. The first kappa shape index (κ1) is 18.6. The van der Waals surface area contributed by atoms with Gasteiger partial charge in [0.05, 0.1) is 16.7 Å². The number of benzene rings is 2. The van der Waals surface area contributed by atoms with Gasteiger partial charge in [-0.2, -0.15) is 0 Å². The highest BCUT2D eigenvalue weighted by Gasteiger charge is 2.22. The third-order valence-corrected chi connectivity index (χ3v) is 4.69. The number of hydrogen-bond acceptors (Lipinski definition) is 3. The fourth-order valence-electron chi connectivity index (χ4n) is 3.12. The summed E-state index contributed by atoms with van der Waals surface area (Å²) in [7, 11) is 0. The van der Waals surface area contributed by atoms with Crippen LogP contribution in [0.4, 0.5) is 0 Å². The number of nitrogens with two attached hydrogens (primary N) is 1. The zero-order valence-corrected chi connectivity index (χ0v) is 16.0. The summed E-state index contributed by atoms with van der Waals surface area (Å²) in [6.07, 6.45) is 1.76. The van der Waals surface area contributed by atoms with E-state index >= 15 is 0 Å². The van der Waals surface area contributed by atoms with E-state index in [2.05, 4.69) is 35.4 Å². The average Bonchev–Trinajstić information content (AvgIpc) is 3.03. The first-order chi connectivity index (χ1) is 12.8. The molecule has 3 aromatic rings. The van der Waals surface area contributed by atoms with Gasteiger partial charge in [-0.3, -0.25) is 14.2 Å². The molecule has 0 aliphatic carbocycles. The number of aryl methyl sites for hydroxylation is 2. The molecule has 0 unspecified atom stereocenters. The normalized spacial score (nSPS) is 12.3. The topological polar surface area (TPSA) is 90.0 Å². The van der Waals surface area contributed by atoms with E-state index in [4.69, 9.17) is 5.73 Å². The molecular formula is C21H24N4O2. The Labute approximate surface area is 158 Å². The minimum absolute atomic E-state index is 0.0846. The number of aromatic nitrogens is 2. The molecule has 6 nitrogen and oxygen atoms in total. The number of fused-ring (bicyclic) bond motifs is 1. The lowest BCUT2D eigenvalue weighted by Gasteiger charge is -2.18. The highest BCUT2D eigenvalue weighted by atomic mass is 16.2. The van der Waals surface area contributed by atoms with Crippen molar-refractivity contribution in [1.82, 2.24) is 14.9 Å². The maximum absolute atomic E-state index is 12.5. The number of carbonyl (C=O) groups is 2. The molecule has 0 aliphatic rings. The Bertz CT molecular complexity index is 1020. The highest BCUT2D eigenvalue weighted by molar-refractivity contribution is 5.99. The Hall–Kier alpha value is -3.15. The number of primary amides is 1. The van der Waals surface area contributed by atoms with Gasteiger partial charge in [-0.25, -0.2) is 4.98 Å². The first-order valence-electron chi connectivity index (χ1n) is 8.93. The van der Waals surface area contributed by atoms with Gasteiger partial charge in [0, 0.05) is 5.56 Å². The lowest BCUT2D eigenvalue weighted by molar-refractivity contribution is -0.120. The summed E-state index contributed by atoms with van der Waals surface area (Å²) in [5.74, 6) is -0.965. The quantitative estimate of drug-likeness (QED) is 0.729. The van der Waals surface area contributed by atoms with Crippen LogP contribution in [0.5, 0.6) is 0 Å². The van der Waals surface area contributed by atoms with Gasteiger partial charge >= 0.3 is 0 Å². The van der Waals surface area contributed by atoms with Crippen molar-refractivity contribution in [1.29, 1.82) is 0 Å². The van der Waals surface area contributed by atoms with Gasteiger partial charge in [-0.05, 0) is 55.2 Å². The molecule has 0 aliphatic heterocycles. The van der Waals surface area contributed by atoms with Crippen molar-refractivity contribution in [3.05, 3.63) is 59.4 Å². The molecule has 0 fully saturated rings. The molecule has 3 rings (SSSR count). The molecule has 1 heterocycles. The summed E-state index contributed by atoms with van der Waals surface area (Å²) >= 11 is 0. The van der Waals surface area contributed by atoms with Crippen LogP contribution in [0.25, 0.3) is 16.7 Å². The van der Waals surface area contributed by atoms with Crippen molar-refractivity contribution in [3.63, 3.8) is 0 Å². The minimum atomic E-state index is -0.708. The van der Waals surface area contributed by atoms with Gasteiger partial charge in [0.15, 0.2) is 0 Å². The molecule has 1 atom stereocenters. The van der Waals surface area contributed by atoms with Crippen LogP contribution in [-0.2, 0) is 4.79 Å². The summed E-state index contributed by atoms with van der Waals surface area (Å²) in [6, 6.07) is 10.9. The van der Waals surface area contributed by atoms with E-state index in [1.54, 1.807) is 18.5 Å². The predicted molar refractivity (Wildman–Crippen MR) is 106 cm³/mol. The predicted octanol–water partition coefficient (Wildman–Crippen LogP) is 2.88. The summed E-state index contributed by atoms with van der Waals surface area (Å²) in [6.45, 7) is 7.78. The zero-order chi connectivity index (χ0) is 19.7. The molecule has 0 bridgehead atoms. The van der Waals surface area contributed by atoms with Crippen LogP contribution in [0, 0.1) is 19.8 Å². The number of imidazole rings is 1. The molecule has 140 valence electrons. The molecule has 0 saturated heterocycles. The molecule has 0 spiro atoms. The van der Waals surface area contributed by atoms with Crippen molar-refractivity contribution in [2.24, 2.45) is 11.7 Å². The van der Waals surface area contributed by atoms with Gasteiger partial charge < -0.3 is 11.1 Å². The van der Waals surface area contributed by atoms with E-state index in [9.17, 15) is 9.59 Å². The molecule has 0 saturated carbocycles. The van der Waals surface area contributed by atoms with Crippen LogP contribution in [0.15, 0.2) is 42.7 Å². The van der Waals surface area contributed by atoms with E-state index in [1.807, 2.05) is 31.4 Å². The Morgan fingerprint density at radius 1 is 1.11 bits per heavy atom. The lowest BCUT2D eigenvalue weighted by Crippen LogP contribution is -2.47. The second-order valence-corrected chi connectivity index (χ2v) is 7.21. The number of hydrogen-bond donors (Lipinski definition) is 2. The number of amides is 2. The first-order valence-corrected chi connectivity index (χ1v) is 8.93. The molecular weight excluding hydrogens is 340 g/mol. The third kappa shape index (κ3) is 3.69. The van der Waals surface area contributed by atoms with Crippen molar-refractivity contribution >= 4 is 22.8 Å². The van der Waals surface area contributed by atoms with Crippen LogP contribution in [0.1, 0.15) is 35.3 Å². The monoisotopic (exact) mass is 364 g/mol. The van der Waals surface area contributed by atoms with Gasteiger partial charge in [0.2, 0.25) is 5.91 Å². The molecule has 1 aromatic heterocycles. The molecule has 2 aromatic carbocycles. The van der Waals surface area contributed by atoms with E-state index in [0.717, 1.165) is 16.8 Å². The van der Waals surface area contributed by atoms with Gasteiger partial charge in [0.1, 0.15) is 12.4 Å². The number of rotatable bonds is 5. The summed E-state index contributed by atoms with van der Waals surface area (Å²) in [5, 5.41) is 2.70. The van der Waals surface area contributed by atoms with Gasteiger partial charge in [-0.1, -0.05) is 26.0 Å². The summed E-state index contributed by atoms with van der Waals surface area (Å²) < 4.78 is 2.01. The summed E-state index contributed by atoms with van der Waals surface area (Å²) in [5.41, 5.74) is 10.8.